The SMILES string of the molecule is CC(C)C[C@H](NC(=O)[C@H](CCCN=C(N)N)NC(=O)[C@H](CC(C)C)NC(=O)[C@H](CCC(=O)O)NC(=O)[C@H](CC(C)C)NC(=O)[C@@H](N)CCCN=C(N)N)C(=O)O. The van der Waals surface area contributed by atoms with E-state index in [0.29, 0.717) is 6.42 Å². The van der Waals surface area contributed by atoms with Gasteiger partial charge in [-0.15, -0.1) is 0 Å². The number of aliphatic carboxylic acids is 2. The molecule has 0 fully saturated rings. The lowest BCUT2D eigenvalue weighted by Crippen LogP contribution is -2.59. The first-order valence-corrected chi connectivity index (χ1v) is 18.9. The van der Waals surface area contributed by atoms with Gasteiger partial charge in [-0.25, -0.2) is 4.79 Å². The number of carbonyl (C=O) groups excluding carboxylic acids is 5. The molecule has 17 N–H and O–H groups in total. The van der Waals surface area contributed by atoms with Gasteiger partial charge in [0.1, 0.15) is 30.2 Å². The average Bonchev–Trinajstić information content (AvgIpc) is 3.07. The Kier molecular flexibility index (Phi) is 24.1. The molecular weight excluding hydrogens is 732 g/mol. The zero-order chi connectivity index (χ0) is 43.1. The molecule has 6 atom stereocenters. The molecule has 21 heteroatoms. The van der Waals surface area contributed by atoms with Crippen LogP contribution in [0, 0.1) is 17.8 Å². The van der Waals surface area contributed by atoms with Crippen LogP contribution in [0.2, 0.25) is 0 Å². The summed E-state index contributed by atoms with van der Waals surface area (Å²) < 4.78 is 0. The summed E-state index contributed by atoms with van der Waals surface area (Å²) in [4.78, 5) is 98.6. The number of nitrogens with one attached hydrogen (secondary N) is 5. The number of nitrogens with zero attached hydrogens (tertiary/aromatic N) is 2. The summed E-state index contributed by atoms with van der Waals surface area (Å²) in [6.45, 7) is 11.1. The van der Waals surface area contributed by atoms with Crippen LogP contribution in [0.4, 0.5) is 0 Å². The molecule has 5 amide bonds. The Balaban J connectivity index is 6.29. The number of aliphatic imine (C=N–C) groups is 2. The fraction of sp³-hybridized carbons (Fsp3) is 0.743. The lowest BCUT2D eigenvalue weighted by Gasteiger charge is -2.28. The van der Waals surface area contributed by atoms with Crippen LogP contribution < -0.4 is 55.3 Å². The van der Waals surface area contributed by atoms with Gasteiger partial charge in [-0.05, 0) is 69.1 Å². The molecule has 0 aliphatic carbocycles. The maximum absolute atomic E-state index is 13.8. The van der Waals surface area contributed by atoms with Gasteiger partial charge in [0.15, 0.2) is 11.9 Å². The van der Waals surface area contributed by atoms with E-state index in [1.807, 2.05) is 13.8 Å². The fourth-order valence-electron chi connectivity index (χ4n) is 5.43. The van der Waals surface area contributed by atoms with Gasteiger partial charge in [0.25, 0.3) is 0 Å². The monoisotopic (exact) mass is 799 g/mol. The van der Waals surface area contributed by atoms with Gasteiger partial charge < -0.3 is 65.5 Å². The van der Waals surface area contributed by atoms with E-state index >= 15 is 0 Å². The van der Waals surface area contributed by atoms with Gasteiger partial charge in [-0.2, -0.15) is 0 Å². The number of carboxylic acid groups (broad SMARTS) is 2. The van der Waals surface area contributed by atoms with Crippen LogP contribution in [0.15, 0.2) is 9.98 Å². The first kappa shape index (κ1) is 50.8. The van der Waals surface area contributed by atoms with Crippen LogP contribution in [0.3, 0.4) is 0 Å². The zero-order valence-electron chi connectivity index (χ0n) is 33.5. The number of carboxylic acids is 2. The van der Waals surface area contributed by atoms with Gasteiger partial charge in [0.2, 0.25) is 29.5 Å². The van der Waals surface area contributed by atoms with Crippen molar-refractivity contribution in [2.45, 2.75) is 136 Å². The van der Waals surface area contributed by atoms with Crippen molar-refractivity contribution in [1.29, 1.82) is 0 Å². The maximum atomic E-state index is 13.8. The lowest BCUT2D eigenvalue weighted by molar-refractivity contribution is -0.143. The molecule has 0 saturated heterocycles. The minimum Gasteiger partial charge on any atom is -0.481 e. The molecule has 0 aliphatic rings. The van der Waals surface area contributed by atoms with Crippen molar-refractivity contribution < 1.29 is 43.8 Å². The summed E-state index contributed by atoms with van der Waals surface area (Å²) in [7, 11) is 0. The second kappa shape index (κ2) is 26.6. The first-order chi connectivity index (χ1) is 26.0. The predicted molar refractivity (Wildman–Crippen MR) is 210 cm³/mol. The van der Waals surface area contributed by atoms with Crippen molar-refractivity contribution in [2.24, 2.45) is 56.4 Å². The van der Waals surface area contributed by atoms with Crippen LogP contribution in [-0.2, 0) is 33.6 Å². The van der Waals surface area contributed by atoms with E-state index in [1.54, 1.807) is 27.7 Å². The number of carbonyl (C=O) groups is 7. The minimum atomic E-state index is -1.45. The van der Waals surface area contributed by atoms with Crippen molar-refractivity contribution in [3.63, 3.8) is 0 Å². The number of nitrogens with two attached hydrogens (primary N) is 5. The Bertz CT molecular complexity index is 1370. The summed E-state index contributed by atoms with van der Waals surface area (Å²) in [6, 6.07) is -7.36. The Morgan fingerprint density at radius 1 is 0.500 bits per heavy atom. The van der Waals surface area contributed by atoms with Gasteiger partial charge >= 0.3 is 11.9 Å². The van der Waals surface area contributed by atoms with Gasteiger partial charge in [-0.3, -0.25) is 38.8 Å². The topological polar surface area (TPSA) is 375 Å². The van der Waals surface area contributed by atoms with Gasteiger partial charge in [0, 0.05) is 19.5 Å². The molecule has 56 heavy (non-hydrogen) atoms. The van der Waals surface area contributed by atoms with Gasteiger partial charge in [-0.1, -0.05) is 41.5 Å². The molecule has 0 rings (SSSR count). The highest BCUT2D eigenvalue weighted by Crippen LogP contribution is 2.12. The van der Waals surface area contributed by atoms with E-state index in [2.05, 4.69) is 36.6 Å². The third-order valence-corrected chi connectivity index (χ3v) is 8.16. The molecule has 320 valence electrons. The van der Waals surface area contributed by atoms with Crippen LogP contribution >= 0.6 is 0 Å². The van der Waals surface area contributed by atoms with Crippen LogP contribution in [-0.4, -0.2) is 113 Å². The van der Waals surface area contributed by atoms with Gasteiger partial charge in [0.05, 0.1) is 6.04 Å². The lowest BCUT2D eigenvalue weighted by atomic mass is 9.99. The average molecular weight is 799 g/mol. The van der Waals surface area contributed by atoms with Crippen molar-refractivity contribution in [3.05, 3.63) is 0 Å². The number of hydrogen-bond donors (Lipinski definition) is 12. The quantitative estimate of drug-likeness (QED) is 0.0230. The molecule has 0 aliphatic heterocycles. The van der Waals surface area contributed by atoms with E-state index < -0.39 is 84.1 Å². The molecule has 0 spiro atoms. The van der Waals surface area contributed by atoms with Crippen molar-refractivity contribution >= 4 is 53.4 Å². The van der Waals surface area contributed by atoms with E-state index in [-0.39, 0.29) is 87.7 Å². The summed E-state index contributed by atoms with van der Waals surface area (Å²) in [5.41, 5.74) is 27.5. The standard InChI is InChI=1S/C35H66N12O9/c1-18(2)15-24(45-28(50)21(36)9-7-13-41-34(37)38)31(53)44-23(11-12-27(48)49)30(52)46-25(16-19(3)4)32(54)43-22(10-8-14-42-35(39)40)29(51)47-26(33(55)56)17-20(5)6/h18-26H,7-17,36H2,1-6H3,(H,43,54)(H,44,53)(H,45,50)(H,46,52)(H,47,51)(H,48,49)(H,55,56)(H4,37,38,41)(H4,39,40,42)/t21-,22-,23-,24-,25-,26-/m0/s1. The van der Waals surface area contributed by atoms with Crippen LogP contribution in [0.5, 0.6) is 0 Å². The number of amides is 5. The van der Waals surface area contributed by atoms with E-state index in [1.165, 1.54) is 0 Å². The van der Waals surface area contributed by atoms with Crippen molar-refractivity contribution in [3.8, 4) is 0 Å². The highest BCUT2D eigenvalue weighted by Gasteiger charge is 2.33. The summed E-state index contributed by atoms with van der Waals surface area (Å²) in [5, 5.41) is 31.9. The highest BCUT2D eigenvalue weighted by molar-refractivity contribution is 5.96. The number of hydrogen-bond acceptors (Lipinski definition) is 10. The van der Waals surface area contributed by atoms with Crippen molar-refractivity contribution in [1.82, 2.24) is 26.6 Å². The minimum absolute atomic E-state index is 0.00486. The second-order valence-corrected chi connectivity index (χ2v) is 15.0. The molecule has 0 aromatic carbocycles. The van der Waals surface area contributed by atoms with Crippen LogP contribution in [0.1, 0.15) is 99.3 Å². The fourth-order valence-corrected chi connectivity index (χ4v) is 5.43. The molecule has 0 unspecified atom stereocenters. The largest absolute Gasteiger partial charge is 0.481 e. The second-order valence-electron chi connectivity index (χ2n) is 15.0. The molecule has 0 saturated carbocycles. The Morgan fingerprint density at radius 3 is 1.23 bits per heavy atom. The molecule has 0 heterocycles. The third kappa shape index (κ3) is 22.9. The predicted octanol–water partition coefficient (Wildman–Crippen LogP) is -2.07. The summed E-state index contributed by atoms with van der Waals surface area (Å²) in [5.74, 6) is -7.00. The van der Waals surface area contributed by atoms with E-state index in [9.17, 15) is 43.8 Å². The molecular formula is C35H66N12O9. The Hall–Kier alpha value is -5.21. The van der Waals surface area contributed by atoms with Crippen molar-refractivity contribution in [2.75, 3.05) is 13.1 Å². The molecule has 0 aromatic rings. The number of rotatable bonds is 28. The van der Waals surface area contributed by atoms with Crippen LogP contribution in [0.25, 0.3) is 0 Å². The molecule has 0 aromatic heterocycles. The summed E-state index contributed by atoms with van der Waals surface area (Å²) in [6.07, 6.45) is 0.274. The van der Waals surface area contributed by atoms with E-state index in [0.717, 1.165) is 0 Å². The number of guanidine groups is 2. The molecule has 0 radical (unpaired) electrons. The molecule has 0 bridgehead atoms. The Morgan fingerprint density at radius 2 is 0.839 bits per heavy atom. The summed E-state index contributed by atoms with van der Waals surface area (Å²) >= 11 is 0. The zero-order valence-corrected chi connectivity index (χ0v) is 33.5. The smallest absolute Gasteiger partial charge is 0.326 e. The Labute approximate surface area is 328 Å². The normalized spacial score (nSPS) is 14.3. The highest BCUT2D eigenvalue weighted by atomic mass is 16.4. The molecule has 21 nitrogen and oxygen atoms in total. The maximum Gasteiger partial charge on any atom is 0.326 e. The first-order valence-electron chi connectivity index (χ1n) is 18.9. The van der Waals surface area contributed by atoms with E-state index in [4.69, 9.17) is 28.7 Å². The third-order valence-electron chi connectivity index (χ3n) is 8.16.